The van der Waals surface area contributed by atoms with Crippen molar-refractivity contribution >= 4 is 17.3 Å². The van der Waals surface area contributed by atoms with E-state index in [9.17, 15) is 0 Å². The predicted molar refractivity (Wildman–Crippen MR) is 83.0 cm³/mol. The second-order valence-electron chi connectivity index (χ2n) is 4.37. The quantitative estimate of drug-likeness (QED) is 0.911. The van der Waals surface area contributed by atoms with E-state index < -0.39 is 0 Å². The lowest BCUT2D eigenvalue weighted by molar-refractivity contribution is 0.394. The topological polar surface area (TPSA) is 54.3 Å². The van der Waals surface area contributed by atoms with Gasteiger partial charge in [0.2, 0.25) is 0 Å². The number of hydrogen-bond donors (Lipinski definition) is 1. The number of nitriles is 1. The SMILES string of the molecule is COc1cc(NCc2ccc(C#N)cc2Cl)cc(OC)c1. The smallest absolute Gasteiger partial charge is 0.124 e. The van der Waals surface area contributed by atoms with Crippen molar-refractivity contribution in [2.45, 2.75) is 6.54 Å². The molecule has 0 unspecified atom stereocenters. The van der Waals surface area contributed by atoms with Gasteiger partial charge in [-0.3, -0.25) is 0 Å². The number of nitrogens with zero attached hydrogens (tertiary/aromatic N) is 1. The van der Waals surface area contributed by atoms with Gasteiger partial charge in [-0.1, -0.05) is 17.7 Å². The molecule has 0 aliphatic heterocycles. The third kappa shape index (κ3) is 3.80. The van der Waals surface area contributed by atoms with Crippen LogP contribution >= 0.6 is 11.6 Å². The van der Waals surface area contributed by atoms with Crippen LogP contribution in [0.5, 0.6) is 11.5 Å². The van der Waals surface area contributed by atoms with E-state index in [0.717, 1.165) is 11.3 Å². The van der Waals surface area contributed by atoms with Crippen LogP contribution in [0.1, 0.15) is 11.1 Å². The van der Waals surface area contributed by atoms with Crippen molar-refractivity contribution in [1.29, 1.82) is 5.26 Å². The summed E-state index contributed by atoms with van der Waals surface area (Å²) in [6, 6.07) is 12.9. The molecule has 4 nitrogen and oxygen atoms in total. The minimum Gasteiger partial charge on any atom is -0.497 e. The molecule has 1 N–H and O–H groups in total. The Morgan fingerprint density at radius 1 is 1.10 bits per heavy atom. The molecule has 0 amide bonds. The van der Waals surface area contributed by atoms with Gasteiger partial charge >= 0.3 is 0 Å². The number of hydrogen-bond acceptors (Lipinski definition) is 4. The third-order valence-electron chi connectivity index (χ3n) is 3.02. The molecule has 0 aromatic heterocycles. The number of anilines is 1. The molecule has 0 spiro atoms. The molecule has 0 radical (unpaired) electrons. The van der Waals surface area contributed by atoms with Crippen LogP contribution in [0.15, 0.2) is 36.4 Å². The zero-order valence-corrected chi connectivity index (χ0v) is 12.6. The van der Waals surface area contributed by atoms with Crippen LogP contribution in [0, 0.1) is 11.3 Å². The Hall–Kier alpha value is -2.38. The minimum atomic E-state index is 0.543. The standard InChI is InChI=1S/C16H15ClN2O2/c1-20-14-6-13(7-15(8-14)21-2)19-10-12-4-3-11(9-18)5-16(12)17/h3-8,19H,10H2,1-2H3. The molecule has 5 heteroatoms. The van der Waals surface area contributed by atoms with E-state index in [2.05, 4.69) is 11.4 Å². The fourth-order valence-electron chi connectivity index (χ4n) is 1.87. The zero-order chi connectivity index (χ0) is 15.2. The molecule has 2 rings (SSSR count). The van der Waals surface area contributed by atoms with Gasteiger partial charge in [-0.05, 0) is 17.7 Å². The van der Waals surface area contributed by atoms with Crippen molar-refractivity contribution in [2.75, 3.05) is 19.5 Å². The summed E-state index contributed by atoms with van der Waals surface area (Å²) in [5, 5.41) is 12.7. The predicted octanol–water partition coefficient (Wildman–Crippen LogP) is 3.84. The van der Waals surface area contributed by atoms with E-state index in [-0.39, 0.29) is 0 Å². The van der Waals surface area contributed by atoms with Gasteiger partial charge in [0.25, 0.3) is 0 Å². The Morgan fingerprint density at radius 3 is 2.29 bits per heavy atom. The Bertz CT molecular complexity index is 658. The van der Waals surface area contributed by atoms with Crippen LogP contribution < -0.4 is 14.8 Å². The van der Waals surface area contributed by atoms with Crippen molar-refractivity contribution in [2.24, 2.45) is 0 Å². The van der Waals surface area contributed by atoms with Gasteiger partial charge in [0.1, 0.15) is 11.5 Å². The minimum absolute atomic E-state index is 0.543. The summed E-state index contributed by atoms with van der Waals surface area (Å²) in [6.07, 6.45) is 0. The van der Waals surface area contributed by atoms with Gasteiger partial charge in [-0.15, -0.1) is 0 Å². The van der Waals surface area contributed by atoms with Gasteiger partial charge in [0.05, 0.1) is 25.9 Å². The first kappa shape index (κ1) is 15.0. The highest BCUT2D eigenvalue weighted by molar-refractivity contribution is 6.31. The number of ether oxygens (including phenoxy) is 2. The highest BCUT2D eigenvalue weighted by Gasteiger charge is 2.04. The van der Waals surface area contributed by atoms with Crippen molar-refractivity contribution < 1.29 is 9.47 Å². The van der Waals surface area contributed by atoms with Crippen LogP contribution in [0.25, 0.3) is 0 Å². The molecular formula is C16H15ClN2O2. The molecule has 0 aliphatic rings. The lowest BCUT2D eigenvalue weighted by Gasteiger charge is -2.11. The summed E-state index contributed by atoms with van der Waals surface area (Å²) in [4.78, 5) is 0. The van der Waals surface area contributed by atoms with Gasteiger partial charge in [0.15, 0.2) is 0 Å². The molecule has 2 aromatic carbocycles. The summed E-state index contributed by atoms with van der Waals surface area (Å²) < 4.78 is 10.4. The Labute approximate surface area is 128 Å². The molecule has 0 saturated heterocycles. The third-order valence-corrected chi connectivity index (χ3v) is 3.37. The number of rotatable bonds is 5. The molecule has 0 saturated carbocycles. The Kier molecular flexibility index (Phi) is 4.91. The molecule has 0 atom stereocenters. The van der Waals surface area contributed by atoms with Gasteiger partial charge in [0, 0.05) is 35.5 Å². The summed E-state index contributed by atoms with van der Waals surface area (Å²) in [6.45, 7) is 0.543. The maximum absolute atomic E-state index is 8.82. The first-order valence-corrected chi connectivity index (χ1v) is 6.69. The zero-order valence-electron chi connectivity index (χ0n) is 11.8. The molecule has 21 heavy (non-hydrogen) atoms. The average molecular weight is 303 g/mol. The van der Waals surface area contributed by atoms with Gasteiger partial charge in [-0.2, -0.15) is 5.26 Å². The molecule has 0 heterocycles. The largest absolute Gasteiger partial charge is 0.497 e. The second-order valence-corrected chi connectivity index (χ2v) is 4.78. The van der Waals surface area contributed by atoms with E-state index >= 15 is 0 Å². The number of methoxy groups -OCH3 is 2. The van der Waals surface area contributed by atoms with E-state index in [1.165, 1.54) is 0 Å². The molecule has 108 valence electrons. The van der Waals surface area contributed by atoms with Crippen molar-refractivity contribution in [3.63, 3.8) is 0 Å². The first-order chi connectivity index (χ1) is 10.2. The monoisotopic (exact) mass is 302 g/mol. The molecular weight excluding hydrogens is 288 g/mol. The Morgan fingerprint density at radius 2 is 1.76 bits per heavy atom. The average Bonchev–Trinajstić information content (AvgIpc) is 2.53. The maximum atomic E-state index is 8.82. The number of halogens is 1. The van der Waals surface area contributed by atoms with Crippen LogP contribution in [-0.2, 0) is 6.54 Å². The van der Waals surface area contributed by atoms with Crippen LogP contribution in [0.4, 0.5) is 5.69 Å². The summed E-state index contributed by atoms with van der Waals surface area (Å²) in [5.41, 5.74) is 2.33. The summed E-state index contributed by atoms with van der Waals surface area (Å²) in [5.74, 6) is 1.42. The van der Waals surface area contributed by atoms with E-state index in [4.69, 9.17) is 26.3 Å². The van der Waals surface area contributed by atoms with Crippen LogP contribution in [-0.4, -0.2) is 14.2 Å². The molecule has 0 fully saturated rings. The highest BCUT2D eigenvalue weighted by atomic mass is 35.5. The van der Waals surface area contributed by atoms with Crippen molar-refractivity contribution in [3.05, 3.63) is 52.5 Å². The van der Waals surface area contributed by atoms with E-state index in [0.29, 0.717) is 28.6 Å². The number of nitrogens with one attached hydrogen (secondary N) is 1. The lowest BCUT2D eigenvalue weighted by atomic mass is 10.1. The van der Waals surface area contributed by atoms with Crippen molar-refractivity contribution in [3.8, 4) is 17.6 Å². The summed E-state index contributed by atoms with van der Waals surface area (Å²) >= 11 is 6.15. The molecule has 2 aromatic rings. The van der Waals surface area contributed by atoms with Crippen LogP contribution in [0.2, 0.25) is 5.02 Å². The first-order valence-electron chi connectivity index (χ1n) is 6.31. The van der Waals surface area contributed by atoms with E-state index in [1.54, 1.807) is 32.4 Å². The van der Waals surface area contributed by atoms with Crippen molar-refractivity contribution in [1.82, 2.24) is 0 Å². The number of benzene rings is 2. The fraction of sp³-hybridized carbons (Fsp3) is 0.188. The summed E-state index contributed by atoms with van der Waals surface area (Å²) in [7, 11) is 3.21. The Balaban J connectivity index is 2.14. The normalized spacial score (nSPS) is 9.81. The van der Waals surface area contributed by atoms with Gasteiger partial charge in [-0.25, -0.2) is 0 Å². The molecule has 0 bridgehead atoms. The molecule has 0 aliphatic carbocycles. The second kappa shape index (κ2) is 6.87. The highest BCUT2D eigenvalue weighted by Crippen LogP contribution is 2.27. The van der Waals surface area contributed by atoms with Crippen LogP contribution in [0.3, 0.4) is 0 Å². The van der Waals surface area contributed by atoms with E-state index in [1.807, 2.05) is 18.2 Å². The maximum Gasteiger partial charge on any atom is 0.124 e. The fourth-order valence-corrected chi connectivity index (χ4v) is 2.11. The van der Waals surface area contributed by atoms with Gasteiger partial charge < -0.3 is 14.8 Å². The lowest BCUT2D eigenvalue weighted by Crippen LogP contribution is -2.01.